The molecule has 6 aromatic rings. The zero-order valence-corrected chi connectivity index (χ0v) is 27.5. The summed E-state index contributed by atoms with van der Waals surface area (Å²) < 4.78 is 4.37. The van der Waals surface area contributed by atoms with Gasteiger partial charge in [-0.15, -0.1) is 0 Å². The number of fused-ring (bicyclic) bond motifs is 9. The first kappa shape index (κ1) is 27.9. The lowest BCUT2D eigenvalue weighted by Gasteiger charge is -2.21. The van der Waals surface area contributed by atoms with Crippen molar-refractivity contribution in [2.75, 3.05) is 67.0 Å². The van der Waals surface area contributed by atoms with Gasteiger partial charge in [-0.3, -0.25) is 9.13 Å². The van der Waals surface area contributed by atoms with E-state index in [1.165, 1.54) is 0 Å². The molecule has 0 bridgehead atoms. The number of nitrogens with one attached hydrogen (secondary N) is 2. The zero-order valence-electron chi connectivity index (χ0n) is 27.5. The van der Waals surface area contributed by atoms with E-state index in [0.29, 0.717) is 0 Å². The summed E-state index contributed by atoms with van der Waals surface area (Å²) in [6, 6.07) is 21.8. The molecule has 0 saturated heterocycles. The van der Waals surface area contributed by atoms with E-state index in [2.05, 4.69) is 169 Å². The standard InChI is InChI=1S/C36H38N10/c1-41(2)33-35(43(5)6)45-15-13-22-17-24-11-9-21-10-12-25-18-23-14-16-46-29(40-34(42(3)4)36(46)44(7)8)20-27(23)38-32(25)30(21)31(24)37-26(22)19-28(45)39-33/h9-20,39-40H,1-8H3. The Bertz CT molecular complexity index is 2220. The summed E-state index contributed by atoms with van der Waals surface area (Å²) in [5.74, 6) is 6.17. The van der Waals surface area contributed by atoms with E-state index in [0.717, 1.165) is 89.3 Å². The van der Waals surface area contributed by atoms with Crippen molar-refractivity contribution in [2.24, 2.45) is 0 Å². The SMILES string of the molecule is CN(C)C1=C(N(C)C)n2ccc3cc4ccc5ccc6cc7ccn8c(cc7nc6c5c4nc3cc2N1)NC(N(C)C)=C8N(C)C. The number of nitrogens with zero attached hydrogens (tertiary/aromatic N) is 8. The monoisotopic (exact) mass is 610 g/mol. The number of aromatic nitrogens is 4. The minimum absolute atomic E-state index is 0.917. The van der Waals surface area contributed by atoms with Crippen molar-refractivity contribution >= 4 is 77.7 Å². The fraction of sp³-hybridized carbons (Fsp3) is 0.222. The predicted molar refractivity (Wildman–Crippen MR) is 192 cm³/mol. The highest BCUT2D eigenvalue weighted by Gasteiger charge is 2.24. The summed E-state index contributed by atoms with van der Waals surface area (Å²) in [5.41, 5.74) is 3.73. The first-order valence-corrected chi connectivity index (χ1v) is 15.4. The average molecular weight is 611 g/mol. The van der Waals surface area contributed by atoms with Gasteiger partial charge in [-0.1, -0.05) is 24.3 Å². The van der Waals surface area contributed by atoms with Crippen molar-refractivity contribution in [1.29, 1.82) is 0 Å². The van der Waals surface area contributed by atoms with Gasteiger partial charge < -0.3 is 30.2 Å². The summed E-state index contributed by atoms with van der Waals surface area (Å²) in [4.78, 5) is 19.2. The number of anilines is 2. The van der Waals surface area contributed by atoms with Crippen LogP contribution >= 0.6 is 0 Å². The second kappa shape index (κ2) is 9.93. The Balaban J connectivity index is 1.37. The number of pyridine rings is 2. The molecule has 2 aliphatic rings. The van der Waals surface area contributed by atoms with Crippen LogP contribution in [0.15, 0.2) is 84.7 Å². The Kier molecular flexibility index (Phi) is 6.02. The van der Waals surface area contributed by atoms with Crippen molar-refractivity contribution in [3.63, 3.8) is 0 Å². The third kappa shape index (κ3) is 4.09. The molecule has 0 amide bonds. The maximum Gasteiger partial charge on any atom is 0.155 e. The number of hydrogen-bond donors (Lipinski definition) is 2. The van der Waals surface area contributed by atoms with Gasteiger partial charge in [-0.25, -0.2) is 9.97 Å². The fourth-order valence-corrected chi connectivity index (χ4v) is 6.73. The second-order valence-corrected chi connectivity index (χ2v) is 12.9. The molecule has 10 nitrogen and oxygen atoms in total. The Labute approximate surface area is 267 Å². The van der Waals surface area contributed by atoms with Crippen LogP contribution < -0.4 is 10.6 Å². The molecule has 4 aromatic heterocycles. The van der Waals surface area contributed by atoms with Crippen LogP contribution in [0.2, 0.25) is 0 Å². The van der Waals surface area contributed by atoms with Gasteiger partial charge in [0.15, 0.2) is 11.6 Å². The van der Waals surface area contributed by atoms with Crippen LogP contribution in [0, 0.1) is 0 Å². The quantitative estimate of drug-likeness (QED) is 0.228. The van der Waals surface area contributed by atoms with Gasteiger partial charge in [0, 0.05) is 108 Å². The van der Waals surface area contributed by atoms with Gasteiger partial charge in [0.25, 0.3) is 0 Å². The van der Waals surface area contributed by atoms with Crippen LogP contribution in [0.1, 0.15) is 0 Å². The van der Waals surface area contributed by atoms with Crippen LogP contribution in [0.4, 0.5) is 11.6 Å². The van der Waals surface area contributed by atoms with Crippen molar-refractivity contribution in [3.8, 4) is 0 Å². The molecule has 0 unspecified atom stereocenters. The molecule has 0 atom stereocenters. The molecule has 0 spiro atoms. The van der Waals surface area contributed by atoms with E-state index < -0.39 is 0 Å². The van der Waals surface area contributed by atoms with E-state index in [4.69, 9.17) is 9.97 Å². The molecular formula is C36H38N10. The minimum Gasteiger partial charge on any atom is -0.361 e. The highest BCUT2D eigenvalue weighted by atomic mass is 15.4. The lowest BCUT2D eigenvalue weighted by Crippen LogP contribution is -2.22. The smallest absolute Gasteiger partial charge is 0.155 e. The van der Waals surface area contributed by atoms with E-state index in [1.54, 1.807) is 0 Å². The molecule has 232 valence electrons. The van der Waals surface area contributed by atoms with Crippen molar-refractivity contribution in [1.82, 2.24) is 38.7 Å². The molecule has 46 heavy (non-hydrogen) atoms. The zero-order chi connectivity index (χ0) is 32.0. The van der Waals surface area contributed by atoms with Crippen LogP contribution in [0.5, 0.6) is 0 Å². The Morgan fingerprint density at radius 3 is 1.28 bits per heavy atom. The number of rotatable bonds is 4. The first-order valence-electron chi connectivity index (χ1n) is 15.4. The maximum atomic E-state index is 5.35. The lowest BCUT2D eigenvalue weighted by atomic mass is 10.0. The van der Waals surface area contributed by atoms with Crippen molar-refractivity contribution in [2.45, 2.75) is 0 Å². The van der Waals surface area contributed by atoms with Crippen LogP contribution in [0.3, 0.4) is 0 Å². The van der Waals surface area contributed by atoms with Gasteiger partial charge in [0.2, 0.25) is 0 Å². The minimum atomic E-state index is 0.917. The van der Waals surface area contributed by atoms with Crippen LogP contribution in [-0.2, 0) is 0 Å². The maximum absolute atomic E-state index is 5.35. The van der Waals surface area contributed by atoms with E-state index in [9.17, 15) is 0 Å². The molecule has 0 saturated carbocycles. The molecule has 0 radical (unpaired) electrons. The summed E-state index contributed by atoms with van der Waals surface area (Å²) in [6.45, 7) is 0. The van der Waals surface area contributed by atoms with Gasteiger partial charge in [-0.05, 0) is 29.7 Å². The Morgan fingerprint density at radius 1 is 0.478 bits per heavy atom. The average Bonchev–Trinajstić information content (AvgIpc) is 3.45. The summed E-state index contributed by atoms with van der Waals surface area (Å²) in [5, 5.41) is 13.7. The van der Waals surface area contributed by atoms with Crippen LogP contribution in [-0.4, -0.2) is 95.1 Å². The summed E-state index contributed by atoms with van der Waals surface area (Å²) >= 11 is 0. The second-order valence-electron chi connectivity index (χ2n) is 12.9. The van der Waals surface area contributed by atoms with Gasteiger partial charge >= 0.3 is 0 Å². The molecule has 8 rings (SSSR count). The number of benzene rings is 2. The third-order valence-electron chi connectivity index (χ3n) is 8.86. The lowest BCUT2D eigenvalue weighted by molar-refractivity contribution is 0.488. The fourth-order valence-electron chi connectivity index (χ4n) is 6.73. The molecule has 10 heteroatoms. The molecule has 2 N–H and O–H groups in total. The van der Waals surface area contributed by atoms with Crippen molar-refractivity contribution in [3.05, 3.63) is 84.7 Å². The molecule has 2 aromatic carbocycles. The molecule has 0 fully saturated rings. The normalized spacial score (nSPS) is 13.8. The highest BCUT2D eigenvalue weighted by molar-refractivity contribution is 6.20. The molecular weight excluding hydrogens is 572 g/mol. The first-order chi connectivity index (χ1) is 22.1. The van der Waals surface area contributed by atoms with Crippen LogP contribution in [0.25, 0.3) is 66.0 Å². The van der Waals surface area contributed by atoms with Crippen molar-refractivity contribution < 1.29 is 0 Å². The summed E-state index contributed by atoms with van der Waals surface area (Å²) in [6.07, 6.45) is 4.24. The van der Waals surface area contributed by atoms with E-state index in [-0.39, 0.29) is 0 Å². The van der Waals surface area contributed by atoms with Gasteiger partial charge in [0.05, 0.1) is 22.1 Å². The van der Waals surface area contributed by atoms with Gasteiger partial charge in [0.1, 0.15) is 23.3 Å². The topological polar surface area (TPSA) is 72.7 Å². The third-order valence-corrected chi connectivity index (χ3v) is 8.86. The predicted octanol–water partition coefficient (Wildman–Crippen LogP) is 6.23. The van der Waals surface area contributed by atoms with E-state index in [1.807, 2.05) is 0 Å². The highest BCUT2D eigenvalue weighted by Crippen LogP contribution is 2.36. The largest absolute Gasteiger partial charge is 0.361 e. The Morgan fingerprint density at radius 2 is 0.891 bits per heavy atom. The Hall–Kier alpha value is -5.64. The summed E-state index contributed by atoms with van der Waals surface area (Å²) in [7, 11) is 16.5. The number of hydrogen-bond acceptors (Lipinski definition) is 8. The molecule has 2 aliphatic heterocycles. The molecule has 0 aliphatic carbocycles. The van der Waals surface area contributed by atoms with E-state index >= 15 is 0 Å². The van der Waals surface area contributed by atoms with Gasteiger partial charge in [-0.2, -0.15) is 0 Å². The molecule has 6 heterocycles.